The van der Waals surface area contributed by atoms with Gasteiger partial charge in [-0.3, -0.25) is 4.79 Å². The first kappa shape index (κ1) is 12.2. The van der Waals surface area contributed by atoms with Crippen LogP contribution in [-0.4, -0.2) is 29.6 Å². The van der Waals surface area contributed by atoms with Crippen molar-refractivity contribution in [2.24, 2.45) is 0 Å². The molecule has 0 radical (unpaired) electrons. The second-order valence-corrected chi connectivity index (χ2v) is 4.60. The van der Waals surface area contributed by atoms with E-state index in [0.717, 1.165) is 44.6 Å². The van der Waals surface area contributed by atoms with E-state index in [2.05, 4.69) is 17.6 Å². The van der Waals surface area contributed by atoms with E-state index in [0.29, 0.717) is 0 Å². The van der Waals surface area contributed by atoms with Gasteiger partial charge in [-0.25, -0.2) is 0 Å². The van der Waals surface area contributed by atoms with E-state index >= 15 is 0 Å². The topological polar surface area (TPSA) is 46.1 Å². The number of piperidine rings is 1. The van der Waals surface area contributed by atoms with Crippen LogP contribution < -0.4 is 10.6 Å². The largest absolute Gasteiger partial charge is 0.347 e. The Hall–Kier alpha value is -1.29. The summed E-state index contributed by atoms with van der Waals surface area (Å²) >= 11 is 0. The molecule has 4 nitrogen and oxygen atoms in total. The summed E-state index contributed by atoms with van der Waals surface area (Å²) in [6, 6.07) is 4.10. The Bertz CT molecular complexity index is 366. The van der Waals surface area contributed by atoms with E-state index in [1.807, 2.05) is 22.9 Å². The fraction of sp³-hybridized carbons (Fsp3) is 0.615. The van der Waals surface area contributed by atoms with Crippen LogP contribution in [0, 0.1) is 0 Å². The molecule has 2 N–H and O–H groups in total. The van der Waals surface area contributed by atoms with Crippen LogP contribution >= 0.6 is 0 Å². The molecule has 0 aromatic carbocycles. The quantitative estimate of drug-likeness (QED) is 0.828. The van der Waals surface area contributed by atoms with Gasteiger partial charge in [-0.2, -0.15) is 0 Å². The van der Waals surface area contributed by atoms with Gasteiger partial charge in [-0.05, 0) is 37.9 Å². The Labute approximate surface area is 102 Å². The van der Waals surface area contributed by atoms with Crippen LogP contribution in [0.15, 0.2) is 18.3 Å². The molecule has 4 heteroatoms. The Balaban J connectivity index is 1.96. The predicted molar refractivity (Wildman–Crippen MR) is 68.1 cm³/mol. The first-order chi connectivity index (χ1) is 8.31. The highest BCUT2D eigenvalue weighted by molar-refractivity contribution is 5.92. The molecule has 0 saturated carbocycles. The molecular formula is C13H21N3O. The van der Waals surface area contributed by atoms with Crippen LogP contribution in [-0.2, 0) is 6.54 Å². The van der Waals surface area contributed by atoms with Crippen LogP contribution in [0.3, 0.4) is 0 Å². The first-order valence-corrected chi connectivity index (χ1v) is 6.48. The molecule has 94 valence electrons. The van der Waals surface area contributed by atoms with Crippen molar-refractivity contribution in [3.63, 3.8) is 0 Å². The number of hydrogen-bond donors (Lipinski definition) is 2. The number of hydrogen-bond acceptors (Lipinski definition) is 2. The zero-order valence-corrected chi connectivity index (χ0v) is 10.4. The molecule has 1 saturated heterocycles. The standard InChI is InChI=1S/C13H21N3O/c1-2-8-16-9-4-6-12(16)13(17)15-11-5-3-7-14-10-11/h4,6,9,11,14H,2-3,5,7-8,10H2,1H3,(H,15,17). The highest BCUT2D eigenvalue weighted by Gasteiger charge is 2.17. The van der Waals surface area contributed by atoms with Crippen LogP contribution in [0.4, 0.5) is 0 Å². The highest BCUT2D eigenvalue weighted by Crippen LogP contribution is 2.06. The molecule has 0 bridgehead atoms. The van der Waals surface area contributed by atoms with Crippen molar-refractivity contribution < 1.29 is 4.79 Å². The number of amides is 1. The van der Waals surface area contributed by atoms with E-state index in [4.69, 9.17) is 0 Å². The molecule has 1 aliphatic rings. The van der Waals surface area contributed by atoms with E-state index in [1.54, 1.807) is 0 Å². The van der Waals surface area contributed by atoms with Gasteiger partial charge in [0.1, 0.15) is 5.69 Å². The number of rotatable bonds is 4. The number of aromatic nitrogens is 1. The average Bonchev–Trinajstić information content (AvgIpc) is 2.79. The summed E-state index contributed by atoms with van der Waals surface area (Å²) in [6.45, 7) is 4.98. The second-order valence-electron chi connectivity index (χ2n) is 4.60. The molecule has 2 heterocycles. The smallest absolute Gasteiger partial charge is 0.268 e. The molecule has 1 aromatic rings. The van der Waals surface area contributed by atoms with E-state index in [9.17, 15) is 4.79 Å². The first-order valence-electron chi connectivity index (χ1n) is 6.48. The van der Waals surface area contributed by atoms with Gasteiger partial charge in [0.15, 0.2) is 0 Å². The van der Waals surface area contributed by atoms with Gasteiger partial charge in [0.25, 0.3) is 5.91 Å². The minimum absolute atomic E-state index is 0.0529. The van der Waals surface area contributed by atoms with Gasteiger partial charge in [0.05, 0.1) is 0 Å². The van der Waals surface area contributed by atoms with Crippen molar-refractivity contribution >= 4 is 5.91 Å². The molecule has 1 unspecified atom stereocenters. The summed E-state index contributed by atoms with van der Waals surface area (Å²) in [5, 5.41) is 6.40. The summed E-state index contributed by atoms with van der Waals surface area (Å²) in [6.07, 6.45) is 5.23. The van der Waals surface area contributed by atoms with Gasteiger partial charge >= 0.3 is 0 Å². The Morgan fingerprint density at radius 1 is 1.65 bits per heavy atom. The third kappa shape index (κ3) is 3.09. The molecule has 0 aliphatic carbocycles. The average molecular weight is 235 g/mol. The van der Waals surface area contributed by atoms with Gasteiger partial charge in [0, 0.05) is 25.3 Å². The molecular weight excluding hydrogens is 214 g/mol. The summed E-state index contributed by atoms with van der Waals surface area (Å²) < 4.78 is 2.02. The van der Waals surface area contributed by atoms with Crippen molar-refractivity contribution in [2.75, 3.05) is 13.1 Å². The zero-order valence-electron chi connectivity index (χ0n) is 10.4. The summed E-state index contributed by atoms with van der Waals surface area (Å²) in [7, 11) is 0. The van der Waals surface area contributed by atoms with E-state index in [1.165, 1.54) is 0 Å². The Kier molecular flexibility index (Phi) is 4.20. The van der Waals surface area contributed by atoms with Crippen molar-refractivity contribution in [1.82, 2.24) is 15.2 Å². The van der Waals surface area contributed by atoms with Crippen molar-refractivity contribution in [2.45, 2.75) is 38.8 Å². The maximum Gasteiger partial charge on any atom is 0.268 e. The van der Waals surface area contributed by atoms with Gasteiger partial charge in [-0.15, -0.1) is 0 Å². The van der Waals surface area contributed by atoms with Gasteiger partial charge in [-0.1, -0.05) is 6.92 Å². The van der Waals surface area contributed by atoms with Crippen LogP contribution in [0.1, 0.15) is 36.7 Å². The fourth-order valence-corrected chi connectivity index (χ4v) is 2.29. The van der Waals surface area contributed by atoms with E-state index < -0.39 is 0 Å². The van der Waals surface area contributed by atoms with E-state index in [-0.39, 0.29) is 11.9 Å². The molecule has 17 heavy (non-hydrogen) atoms. The molecule has 2 rings (SSSR count). The molecule has 1 fully saturated rings. The number of aryl methyl sites for hydroxylation is 1. The van der Waals surface area contributed by atoms with Crippen LogP contribution in [0.5, 0.6) is 0 Å². The van der Waals surface area contributed by atoms with Crippen LogP contribution in [0.2, 0.25) is 0 Å². The lowest BCUT2D eigenvalue weighted by molar-refractivity contribution is 0.0921. The number of carbonyl (C=O) groups is 1. The lowest BCUT2D eigenvalue weighted by atomic mass is 10.1. The minimum Gasteiger partial charge on any atom is -0.347 e. The van der Waals surface area contributed by atoms with Crippen molar-refractivity contribution in [3.05, 3.63) is 24.0 Å². The fourth-order valence-electron chi connectivity index (χ4n) is 2.29. The number of nitrogens with zero attached hydrogens (tertiary/aromatic N) is 1. The Morgan fingerprint density at radius 3 is 3.24 bits per heavy atom. The van der Waals surface area contributed by atoms with Crippen molar-refractivity contribution in [1.29, 1.82) is 0 Å². The lowest BCUT2D eigenvalue weighted by Gasteiger charge is -2.24. The predicted octanol–water partition coefficient (Wildman–Crippen LogP) is 1.38. The molecule has 1 amide bonds. The van der Waals surface area contributed by atoms with Gasteiger partial charge in [0.2, 0.25) is 0 Å². The zero-order chi connectivity index (χ0) is 12.1. The number of carbonyl (C=O) groups excluding carboxylic acids is 1. The van der Waals surface area contributed by atoms with Crippen molar-refractivity contribution in [3.8, 4) is 0 Å². The molecule has 1 atom stereocenters. The lowest BCUT2D eigenvalue weighted by Crippen LogP contribution is -2.46. The SMILES string of the molecule is CCCn1cccc1C(=O)NC1CCCNC1. The normalized spacial score (nSPS) is 20.2. The summed E-state index contributed by atoms with van der Waals surface area (Å²) in [5.74, 6) is 0.0529. The Morgan fingerprint density at radius 2 is 2.53 bits per heavy atom. The summed E-state index contributed by atoms with van der Waals surface area (Å²) in [5.41, 5.74) is 0.775. The monoisotopic (exact) mass is 235 g/mol. The molecule has 0 spiro atoms. The minimum atomic E-state index is 0.0529. The van der Waals surface area contributed by atoms with Crippen LogP contribution in [0.25, 0.3) is 0 Å². The molecule has 1 aliphatic heterocycles. The maximum atomic E-state index is 12.1. The second kappa shape index (κ2) is 5.87. The highest BCUT2D eigenvalue weighted by atomic mass is 16.2. The maximum absolute atomic E-state index is 12.1. The third-order valence-electron chi connectivity index (χ3n) is 3.16. The van der Waals surface area contributed by atoms with Gasteiger partial charge < -0.3 is 15.2 Å². The third-order valence-corrected chi connectivity index (χ3v) is 3.16. The number of nitrogens with one attached hydrogen (secondary N) is 2. The summed E-state index contributed by atoms with van der Waals surface area (Å²) in [4.78, 5) is 12.1. The molecule has 1 aromatic heterocycles.